The van der Waals surface area contributed by atoms with Crippen molar-refractivity contribution in [3.8, 4) is 5.75 Å². The first-order valence-electron chi connectivity index (χ1n) is 6.72. The Morgan fingerprint density at radius 1 is 1.52 bits per heavy atom. The fourth-order valence-corrected chi connectivity index (χ4v) is 3.92. The van der Waals surface area contributed by atoms with E-state index in [1.165, 1.54) is 28.8 Å². The maximum Gasteiger partial charge on any atom is 0.326 e. The number of hydrogen-bond acceptors (Lipinski definition) is 6. The van der Waals surface area contributed by atoms with Crippen LogP contribution in [-0.2, 0) is 9.59 Å². The zero-order chi connectivity index (χ0) is 17.0. The SMILES string of the molecule is CSCC[C@H](C(=O)O)N1C(=O)/C(=C/c2cccc(O)c2)SC1=S. The van der Waals surface area contributed by atoms with Crippen molar-refractivity contribution in [3.05, 3.63) is 34.7 Å². The van der Waals surface area contributed by atoms with Gasteiger partial charge in [-0.2, -0.15) is 11.8 Å². The molecule has 0 radical (unpaired) electrons. The van der Waals surface area contributed by atoms with Crippen molar-refractivity contribution in [3.63, 3.8) is 0 Å². The second-order valence-corrected chi connectivity index (χ2v) is 7.44. The molecule has 1 atom stereocenters. The molecule has 0 saturated carbocycles. The van der Waals surface area contributed by atoms with Crippen molar-refractivity contribution in [2.45, 2.75) is 12.5 Å². The van der Waals surface area contributed by atoms with Crippen molar-refractivity contribution in [1.29, 1.82) is 0 Å². The molecule has 1 saturated heterocycles. The smallest absolute Gasteiger partial charge is 0.326 e. The normalized spacial score (nSPS) is 17.8. The van der Waals surface area contributed by atoms with E-state index >= 15 is 0 Å². The Morgan fingerprint density at radius 2 is 2.26 bits per heavy atom. The van der Waals surface area contributed by atoms with Crippen LogP contribution >= 0.6 is 35.7 Å². The van der Waals surface area contributed by atoms with E-state index in [2.05, 4.69) is 0 Å². The summed E-state index contributed by atoms with van der Waals surface area (Å²) in [4.78, 5) is 25.5. The number of carboxylic acid groups (broad SMARTS) is 1. The third kappa shape index (κ3) is 4.27. The summed E-state index contributed by atoms with van der Waals surface area (Å²) >= 11 is 7.79. The number of carbonyl (C=O) groups excluding carboxylic acids is 1. The monoisotopic (exact) mass is 369 g/mol. The van der Waals surface area contributed by atoms with Crippen molar-refractivity contribution in [2.75, 3.05) is 12.0 Å². The van der Waals surface area contributed by atoms with Crippen LogP contribution in [0.25, 0.3) is 6.08 Å². The first-order chi connectivity index (χ1) is 10.9. The van der Waals surface area contributed by atoms with E-state index in [1.54, 1.807) is 18.2 Å². The van der Waals surface area contributed by atoms with E-state index in [9.17, 15) is 19.8 Å². The molecule has 122 valence electrons. The number of rotatable bonds is 6. The molecule has 0 unspecified atom stereocenters. The summed E-state index contributed by atoms with van der Waals surface area (Å²) in [5.41, 5.74) is 0.654. The lowest BCUT2D eigenvalue weighted by Crippen LogP contribution is -2.44. The molecule has 1 amide bonds. The van der Waals surface area contributed by atoms with Crippen LogP contribution in [0.1, 0.15) is 12.0 Å². The number of aliphatic carboxylic acids is 1. The molecule has 1 aromatic rings. The van der Waals surface area contributed by atoms with Crippen LogP contribution in [0.3, 0.4) is 0 Å². The molecule has 0 aromatic heterocycles. The number of hydrogen-bond donors (Lipinski definition) is 2. The summed E-state index contributed by atoms with van der Waals surface area (Å²) in [6.45, 7) is 0. The van der Waals surface area contributed by atoms with Gasteiger partial charge in [-0.25, -0.2) is 4.79 Å². The van der Waals surface area contributed by atoms with Gasteiger partial charge in [0, 0.05) is 0 Å². The quantitative estimate of drug-likeness (QED) is 0.590. The van der Waals surface area contributed by atoms with Gasteiger partial charge >= 0.3 is 5.97 Å². The number of carbonyl (C=O) groups is 2. The van der Waals surface area contributed by atoms with Crippen LogP contribution in [0.2, 0.25) is 0 Å². The minimum absolute atomic E-state index is 0.0950. The van der Waals surface area contributed by atoms with Gasteiger partial charge in [0.25, 0.3) is 5.91 Å². The average Bonchev–Trinajstić information content (AvgIpc) is 2.75. The highest BCUT2D eigenvalue weighted by Gasteiger charge is 2.40. The van der Waals surface area contributed by atoms with Crippen molar-refractivity contribution < 1.29 is 19.8 Å². The molecule has 2 rings (SSSR count). The molecule has 0 spiro atoms. The largest absolute Gasteiger partial charge is 0.508 e. The first-order valence-corrected chi connectivity index (χ1v) is 9.33. The minimum atomic E-state index is -1.06. The Morgan fingerprint density at radius 3 is 2.87 bits per heavy atom. The van der Waals surface area contributed by atoms with Crippen LogP contribution in [0.4, 0.5) is 0 Å². The van der Waals surface area contributed by atoms with Crippen molar-refractivity contribution in [1.82, 2.24) is 4.90 Å². The molecular weight excluding hydrogens is 354 g/mol. The van der Waals surface area contributed by atoms with Gasteiger partial charge in [-0.3, -0.25) is 9.69 Å². The topological polar surface area (TPSA) is 77.8 Å². The Bertz CT molecular complexity index is 674. The number of phenols is 1. The molecule has 23 heavy (non-hydrogen) atoms. The van der Waals surface area contributed by atoms with Crippen LogP contribution in [-0.4, -0.2) is 49.4 Å². The Balaban J connectivity index is 2.26. The highest BCUT2D eigenvalue weighted by Crippen LogP contribution is 2.35. The molecule has 2 N–H and O–H groups in total. The van der Waals surface area contributed by atoms with E-state index in [0.29, 0.717) is 22.6 Å². The summed E-state index contributed by atoms with van der Waals surface area (Å²) in [6.07, 6.45) is 3.82. The standard InChI is InChI=1S/C15H15NO4S3/c1-22-6-5-11(14(19)20)16-13(18)12(23-15(16)21)8-9-3-2-4-10(17)7-9/h2-4,7-8,11,17H,5-6H2,1H3,(H,19,20)/b12-8-/t11-/m1/s1. The van der Waals surface area contributed by atoms with Gasteiger partial charge < -0.3 is 10.2 Å². The molecule has 0 bridgehead atoms. The maximum atomic E-state index is 12.5. The average molecular weight is 369 g/mol. The van der Waals surface area contributed by atoms with E-state index < -0.39 is 17.9 Å². The Kier molecular flexibility index (Phi) is 6.09. The number of phenolic OH excluding ortho intramolecular Hbond substituents is 1. The van der Waals surface area contributed by atoms with Crippen molar-refractivity contribution >= 4 is 58.0 Å². The fourth-order valence-electron chi connectivity index (χ4n) is 2.11. The highest BCUT2D eigenvalue weighted by atomic mass is 32.2. The number of thioether (sulfide) groups is 2. The number of aromatic hydroxyl groups is 1. The Hall–Kier alpha value is -1.51. The lowest BCUT2D eigenvalue weighted by molar-refractivity contribution is -0.145. The van der Waals surface area contributed by atoms with Crippen LogP contribution in [0.15, 0.2) is 29.2 Å². The summed E-state index contributed by atoms with van der Waals surface area (Å²) < 4.78 is 0.245. The molecule has 1 aliphatic heterocycles. The molecule has 8 heteroatoms. The minimum Gasteiger partial charge on any atom is -0.508 e. The van der Waals surface area contributed by atoms with Crippen LogP contribution in [0.5, 0.6) is 5.75 Å². The second-order valence-electron chi connectivity index (χ2n) is 4.78. The van der Waals surface area contributed by atoms with Gasteiger partial charge in [-0.05, 0) is 42.2 Å². The van der Waals surface area contributed by atoms with Gasteiger partial charge in [0.05, 0.1) is 4.91 Å². The number of thiocarbonyl (C=S) groups is 1. The summed E-state index contributed by atoms with van der Waals surface area (Å²) in [7, 11) is 0. The molecular formula is C15H15NO4S3. The Labute approximate surface area is 147 Å². The predicted octanol–water partition coefficient (Wildman–Crippen LogP) is 2.80. The summed E-state index contributed by atoms with van der Waals surface area (Å²) in [6, 6.07) is 5.51. The van der Waals surface area contributed by atoms with Crippen LogP contribution in [0, 0.1) is 0 Å². The van der Waals surface area contributed by atoms with Gasteiger partial charge in [-0.15, -0.1) is 0 Å². The van der Waals surface area contributed by atoms with E-state index in [-0.39, 0.29) is 10.1 Å². The highest BCUT2D eigenvalue weighted by molar-refractivity contribution is 8.26. The number of amides is 1. The fraction of sp³-hybridized carbons (Fsp3) is 0.267. The van der Waals surface area contributed by atoms with Gasteiger partial charge in [0.15, 0.2) is 0 Å². The van der Waals surface area contributed by atoms with E-state index in [1.807, 2.05) is 6.26 Å². The van der Waals surface area contributed by atoms with Gasteiger partial charge in [-0.1, -0.05) is 36.1 Å². The third-order valence-corrected chi connectivity index (χ3v) is 5.16. The zero-order valence-electron chi connectivity index (χ0n) is 12.3. The van der Waals surface area contributed by atoms with Crippen LogP contribution < -0.4 is 0 Å². The first kappa shape index (κ1) is 17.8. The van der Waals surface area contributed by atoms with Gasteiger partial charge in [0.1, 0.15) is 16.1 Å². The molecule has 1 fully saturated rings. The summed E-state index contributed by atoms with van der Waals surface area (Å²) in [5, 5.41) is 18.9. The molecule has 5 nitrogen and oxygen atoms in total. The van der Waals surface area contributed by atoms with Gasteiger partial charge in [0.2, 0.25) is 0 Å². The van der Waals surface area contributed by atoms with E-state index in [4.69, 9.17) is 12.2 Å². The molecule has 1 heterocycles. The lowest BCUT2D eigenvalue weighted by Gasteiger charge is -2.22. The molecule has 0 aliphatic carbocycles. The number of nitrogens with zero attached hydrogens (tertiary/aromatic N) is 1. The van der Waals surface area contributed by atoms with Crippen molar-refractivity contribution in [2.24, 2.45) is 0 Å². The third-order valence-electron chi connectivity index (χ3n) is 3.18. The summed E-state index contributed by atoms with van der Waals surface area (Å²) in [5.74, 6) is -0.747. The second kappa shape index (κ2) is 7.85. The number of carboxylic acids is 1. The molecule has 1 aliphatic rings. The number of benzene rings is 1. The molecule has 1 aromatic carbocycles. The zero-order valence-corrected chi connectivity index (χ0v) is 14.7. The lowest BCUT2D eigenvalue weighted by atomic mass is 10.1. The van der Waals surface area contributed by atoms with E-state index in [0.717, 1.165) is 11.8 Å². The predicted molar refractivity (Wildman–Crippen MR) is 97.5 cm³/mol. The maximum absolute atomic E-state index is 12.5.